The highest BCUT2D eigenvalue weighted by Crippen LogP contribution is 2.25. The summed E-state index contributed by atoms with van der Waals surface area (Å²) in [6.07, 6.45) is 1.25. The van der Waals surface area contributed by atoms with Crippen LogP contribution in [-0.4, -0.2) is 54.9 Å². The van der Waals surface area contributed by atoms with E-state index in [2.05, 4.69) is 9.71 Å². The summed E-state index contributed by atoms with van der Waals surface area (Å²) >= 11 is 1.03. The number of nitrogens with zero attached hydrogens (tertiary/aromatic N) is 2. The lowest BCUT2D eigenvalue weighted by Gasteiger charge is -2.29. The first-order valence-electron chi connectivity index (χ1n) is 12.2. The Labute approximate surface area is 222 Å². The normalized spacial score (nSPS) is 14.2. The van der Waals surface area contributed by atoms with Crippen LogP contribution in [-0.2, 0) is 30.8 Å². The van der Waals surface area contributed by atoms with Gasteiger partial charge in [-0.15, -0.1) is 11.3 Å². The second-order valence-electron chi connectivity index (χ2n) is 9.20. The first kappa shape index (κ1) is 28.6. The number of rotatable bonds is 13. The Morgan fingerprint density at radius 2 is 1.70 bits per heavy atom. The van der Waals surface area contributed by atoms with E-state index in [0.717, 1.165) is 21.6 Å². The minimum Gasteiger partial charge on any atom is -0.335 e. The van der Waals surface area contributed by atoms with Gasteiger partial charge in [-0.1, -0.05) is 55.8 Å². The predicted molar refractivity (Wildman–Crippen MR) is 145 cm³/mol. The second kappa shape index (κ2) is 12.5. The third-order valence-corrected chi connectivity index (χ3v) is 9.30. The van der Waals surface area contributed by atoms with Gasteiger partial charge in [-0.05, 0) is 44.4 Å². The van der Waals surface area contributed by atoms with Crippen LogP contribution in [0.5, 0.6) is 0 Å². The Bertz CT molecular complexity index is 1320. The van der Waals surface area contributed by atoms with E-state index in [9.17, 15) is 22.8 Å². The molecule has 0 aliphatic rings. The molecule has 0 unspecified atom stereocenters. The van der Waals surface area contributed by atoms with Crippen LogP contribution in [0.15, 0.2) is 58.9 Å². The maximum absolute atomic E-state index is 13.3. The average molecular weight is 544 g/mol. The number of thiazole rings is 1. The number of benzene rings is 2. The number of fused-ring (bicyclic) bond motifs is 1. The predicted octanol–water partition coefficient (Wildman–Crippen LogP) is 4.00. The van der Waals surface area contributed by atoms with E-state index in [1.807, 2.05) is 37.3 Å². The minimum atomic E-state index is -4.05. The Balaban J connectivity index is 1.71. The topological polar surface area (TPSA) is 114 Å². The van der Waals surface area contributed by atoms with Gasteiger partial charge in [-0.3, -0.25) is 14.4 Å². The molecule has 198 valence electrons. The number of nitrogens with one attached hydrogen (secondary N) is 1. The van der Waals surface area contributed by atoms with E-state index in [-0.39, 0.29) is 28.7 Å². The summed E-state index contributed by atoms with van der Waals surface area (Å²) in [6.45, 7) is 4.92. The van der Waals surface area contributed by atoms with Crippen molar-refractivity contribution in [2.24, 2.45) is 5.92 Å². The molecule has 8 nitrogen and oxygen atoms in total. The van der Waals surface area contributed by atoms with Gasteiger partial charge in [0.15, 0.2) is 5.78 Å². The average Bonchev–Trinajstić information content (AvgIpc) is 3.32. The molecule has 0 aliphatic carbocycles. The Hall–Kier alpha value is -2.95. The lowest BCUT2D eigenvalue weighted by molar-refractivity contribution is -0.139. The van der Waals surface area contributed by atoms with E-state index < -0.39 is 33.9 Å². The number of sulfonamides is 1. The second-order valence-corrected chi connectivity index (χ2v) is 12.1. The summed E-state index contributed by atoms with van der Waals surface area (Å²) in [5, 5.41) is 0. The summed E-state index contributed by atoms with van der Waals surface area (Å²) in [4.78, 5) is 44.1. The van der Waals surface area contributed by atoms with Gasteiger partial charge in [0.05, 0.1) is 16.3 Å². The summed E-state index contributed by atoms with van der Waals surface area (Å²) in [5.41, 5.74) is 1.53. The van der Waals surface area contributed by atoms with E-state index in [1.54, 1.807) is 31.2 Å². The van der Waals surface area contributed by atoms with Crippen molar-refractivity contribution in [3.63, 3.8) is 0 Å². The maximum atomic E-state index is 13.3. The number of ketones is 2. The molecule has 0 fully saturated rings. The van der Waals surface area contributed by atoms with Gasteiger partial charge in [-0.2, -0.15) is 4.72 Å². The van der Waals surface area contributed by atoms with Crippen LogP contribution in [0.3, 0.4) is 0 Å². The number of para-hydroxylation sites is 1. The van der Waals surface area contributed by atoms with E-state index in [1.165, 1.54) is 18.9 Å². The van der Waals surface area contributed by atoms with Crippen LogP contribution in [0.4, 0.5) is 0 Å². The number of aromatic nitrogens is 1. The monoisotopic (exact) mass is 543 g/mol. The van der Waals surface area contributed by atoms with Crippen molar-refractivity contribution < 1.29 is 22.8 Å². The molecule has 0 saturated carbocycles. The Morgan fingerprint density at radius 1 is 1.05 bits per heavy atom. The van der Waals surface area contributed by atoms with Crippen LogP contribution in [0, 0.1) is 5.92 Å². The smallest absolute Gasteiger partial charge is 0.268 e. The molecule has 0 saturated heterocycles. The number of carbonyl (C=O) groups is 3. The Kier molecular flexibility index (Phi) is 9.69. The van der Waals surface area contributed by atoms with Crippen molar-refractivity contribution in [1.29, 1.82) is 0 Å². The SMILES string of the molecule is CCC[C@H](NS(=O)(=O)c1nc2ccccc2s1)C(=O)N(C)[C@H](C)C(=O)C[C@H](Cc1ccccc1)C(C)=O. The lowest BCUT2D eigenvalue weighted by atomic mass is 9.89. The first-order chi connectivity index (χ1) is 17.5. The fourth-order valence-corrected chi connectivity index (χ4v) is 6.51. The summed E-state index contributed by atoms with van der Waals surface area (Å²) in [6, 6.07) is 14.7. The first-order valence-corrected chi connectivity index (χ1v) is 14.5. The number of carbonyl (C=O) groups excluding carboxylic acids is 3. The number of hydrogen-bond donors (Lipinski definition) is 1. The fourth-order valence-electron chi connectivity index (χ4n) is 4.05. The highest BCUT2D eigenvalue weighted by Gasteiger charge is 2.33. The van der Waals surface area contributed by atoms with Crippen molar-refractivity contribution >= 4 is 49.1 Å². The zero-order chi connectivity index (χ0) is 27.2. The molecule has 37 heavy (non-hydrogen) atoms. The molecule has 2 aromatic carbocycles. The summed E-state index contributed by atoms with van der Waals surface area (Å²) in [5.74, 6) is -1.35. The molecule has 1 amide bonds. The van der Waals surface area contributed by atoms with Gasteiger partial charge in [0.1, 0.15) is 11.8 Å². The van der Waals surface area contributed by atoms with Gasteiger partial charge in [0, 0.05) is 19.4 Å². The lowest BCUT2D eigenvalue weighted by Crippen LogP contribution is -2.51. The van der Waals surface area contributed by atoms with Gasteiger partial charge < -0.3 is 4.90 Å². The highest BCUT2D eigenvalue weighted by atomic mass is 32.2. The van der Waals surface area contributed by atoms with Crippen LogP contribution >= 0.6 is 11.3 Å². The van der Waals surface area contributed by atoms with Crippen LogP contribution < -0.4 is 4.72 Å². The van der Waals surface area contributed by atoms with E-state index in [0.29, 0.717) is 18.4 Å². The molecule has 10 heteroatoms. The number of amides is 1. The quantitative estimate of drug-likeness (QED) is 0.349. The van der Waals surface area contributed by atoms with Gasteiger partial charge in [0.25, 0.3) is 10.0 Å². The number of hydrogen-bond acceptors (Lipinski definition) is 7. The number of likely N-dealkylation sites (N-methyl/N-ethyl adjacent to an activating group) is 1. The third kappa shape index (κ3) is 7.30. The fraction of sp³-hybridized carbons (Fsp3) is 0.407. The molecule has 0 radical (unpaired) electrons. The van der Waals surface area contributed by atoms with Crippen molar-refractivity contribution in [2.45, 2.75) is 62.9 Å². The van der Waals surface area contributed by atoms with Crippen molar-refractivity contribution in [1.82, 2.24) is 14.6 Å². The van der Waals surface area contributed by atoms with Gasteiger partial charge in [-0.25, -0.2) is 13.4 Å². The van der Waals surface area contributed by atoms with Crippen molar-refractivity contribution in [2.75, 3.05) is 7.05 Å². The molecule has 1 heterocycles. The zero-order valence-corrected chi connectivity index (χ0v) is 23.1. The third-order valence-electron chi connectivity index (χ3n) is 6.42. The molecule has 0 aliphatic heterocycles. The van der Waals surface area contributed by atoms with Gasteiger partial charge >= 0.3 is 0 Å². The van der Waals surface area contributed by atoms with Crippen molar-refractivity contribution in [3.8, 4) is 0 Å². The molecular weight excluding hydrogens is 510 g/mol. The molecule has 0 spiro atoms. The van der Waals surface area contributed by atoms with E-state index in [4.69, 9.17) is 0 Å². The minimum absolute atomic E-state index is 0.00110. The van der Waals surface area contributed by atoms with Gasteiger partial charge in [0.2, 0.25) is 10.2 Å². The standard InChI is InChI=1S/C27H33N3O5S2/c1-5-11-23(29-37(34,35)27-28-22-14-9-10-15-25(22)36-27)26(33)30(4)18(2)24(32)17-21(19(3)31)16-20-12-7-6-8-13-20/h6-10,12-15,18,21,23,29H,5,11,16-17H2,1-4H3/t18-,21+,23+/m1/s1. The van der Waals surface area contributed by atoms with Crippen LogP contribution in [0.1, 0.15) is 45.6 Å². The summed E-state index contributed by atoms with van der Waals surface area (Å²) < 4.78 is 29.3. The molecule has 1 N–H and O–H groups in total. The zero-order valence-electron chi connectivity index (χ0n) is 21.5. The van der Waals surface area contributed by atoms with E-state index >= 15 is 0 Å². The summed E-state index contributed by atoms with van der Waals surface area (Å²) in [7, 11) is -2.57. The number of Topliss-reactive ketones (excluding diaryl/α,β-unsaturated/α-hetero) is 2. The Morgan fingerprint density at radius 3 is 2.32 bits per heavy atom. The molecule has 3 aromatic rings. The van der Waals surface area contributed by atoms with Crippen molar-refractivity contribution in [3.05, 3.63) is 60.2 Å². The molecule has 3 rings (SSSR count). The highest BCUT2D eigenvalue weighted by molar-refractivity contribution is 7.91. The maximum Gasteiger partial charge on any atom is 0.268 e. The van der Waals surface area contributed by atoms with Crippen LogP contribution in [0.25, 0.3) is 10.2 Å². The molecular formula is C27H33N3O5S2. The molecule has 3 atom stereocenters. The van der Waals surface area contributed by atoms with Crippen LogP contribution in [0.2, 0.25) is 0 Å². The molecule has 0 bridgehead atoms. The molecule has 1 aromatic heterocycles. The largest absolute Gasteiger partial charge is 0.335 e.